The fourth-order valence-corrected chi connectivity index (χ4v) is 1.69. The summed E-state index contributed by atoms with van der Waals surface area (Å²) >= 11 is 0. The molecule has 0 aliphatic carbocycles. The smallest absolute Gasteiger partial charge is 0.307 e. The average Bonchev–Trinajstić information content (AvgIpc) is 2.27. The summed E-state index contributed by atoms with van der Waals surface area (Å²) in [5.41, 5.74) is 0.519. The number of esters is 1. The zero-order valence-corrected chi connectivity index (χ0v) is 10.4. The molecule has 0 aliphatic heterocycles. The van der Waals surface area contributed by atoms with Crippen LogP contribution < -0.4 is 0 Å². The van der Waals surface area contributed by atoms with E-state index in [1.165, 1.54) is 6.07 Å². The predicted octanol–water partition coefficient (Wildman–Crippen LogP) is 2.38. The fraction of sp³-hybridized carbons (Fsp3) is 0.462. The van der Waals surface area contributed by atoms with Crippen molar-refractivity contribution in [3.63, 3.8) is 0 Å². The van der Waals surface area contributed by atoms with Crippen molar-refractivity contribution in [3.8, 4) is 0 Å². The highest BCUT2D eigenvalue weighted by atomic mass is 19.1. The van der Waals surface area contributed by atoms with Crippen LogP contribution in [0.4, 0.5) is 4.39 Å². The molecule has 17 heavy (non-hydrogen) atoms. The summed E-state index contributed by atoms with van der Waals surface area (Å²) in [6.07, 6.45) is 0.155. The normalized spacial score (nSPS) is 12.5. The van der Waals surface area contributed by atoms with Gasteiger partial charge in [-0.1, -0.05) is 18.2 Å². The summed E-state index contributed by atoms with van der Waals surface area (Å²) in [4.78, 5) is 13.3. The maximum absolute atomic E-state index is 13.7. The summed E-state index contributed by atoms with van der Waals surface area (Å²) in [6, 6.07) is 6.20. The molecule has 0 radical (unpaired) electrons. The molecule has 94 valence electrons. The number of ether oxygens (including phenoxy) is 1. The topological polar surface area (TPSA) is 29.5 Å². The Morgan fingerprint density at radius 1 is 1.41 bits per heavy atom. The van der Waals surface area contributed by atoms with Gasteiger partial charge < -0.3 is 9.64 Å². The molecular weight excluding hydrogens is 221 g/mol. The summed E-state index contributed by atoms with van der Waals surface area (Å²) < 4.78 is 18.6. The highest BCUT2D eigenvalue weighted by Gasteiger charge is 2.21. The number of benzene rings is 1. The molecular formula is C13H18FNO2. The molecule has 1 atom stereocenters. The van der Waals surface area contributed by atoms with Crippen molar-refractivity contribution in [1.82, 2.24) is 4.90 Å². The van der Waals surface area contributed by atoms with Gasteiger partial charge in [-0.25, -0.2) is 4.39 Å². The van der Waals surface area contributed by atoms with E-state index in [2.05, 4.69) is 0 Å². The lowest BCUT2D eigenvalue weighted by Crippen LogP contribution is -2.24. The molecule has 0 saturated carbocycles. The zero-order valence-electron chi connectivity index (χ0n) is 10.4. The van der Waals surface area contributed by atoms with E-state index in [0.29, 0.717) is 12.2 Å². The van der Waals surface area contributed by atoms with Crippen molar-refractivity contribution in [2.45, 2.75) is 19.4 Å². The van der Waals surface area contributed by atoms with Crippen LogP contribution in [0.15, 0.2) is 24.3 Å². The maximum Gasteiger partial charge on any atom is 0.307 e. The van der Waals surface area contributed by atoms with E-state index in [4.69, 9.17) is 4.74 Å². The fourth-order valence-electron chi connectivity index (χ4n) is 1.69. The Hall–Kier alpha value is -1.42. The lowest BCUT2D eigenvalue weighted by Gasteiger charge is -2.24. The molecule has 0 amide bonds. The number of nitrogens with zero attached hydrogens (tertiary/aromatic N) is 1. The van der Waals surface area contributed by atoms with Crippen LogP contribution in [-0.2, 0) is 9.53 Å². The van der Waals surface area contributed by atoms with Crippen LogP contribution in [-0.4, -0.2) is 31.6 Å². The second-order valence-electron chi connectivity index (χ2n) is 4.01. The van der Waals surface area contributed by atoms with Gasteiger partial charge >= 0.3 is 5.97 Å². The van der Waals surface area contributed by atoms with E-state index >= 15 is 0 Å². The van der Waals surface area contributed by atoms with Gasteiger partial charge in [0.05, 0.1) is 13.0 Å². The SMILES string of the molecule is CCOC(=O)CC(c1ccccc1F)N(C)C. The number of carbonyl (C=O) groups is 1. The lowest BCUT2D eigenvalue weighted by atomic mass is 10.0. The highest BCUT2D eigenvalue weighted by Crippen LogP contribution is 2.24. The van der Waals surface area contributed by atoms with Gasteiger partial charge in [-0.3, -0.25) is 4.79 Å². The zero-order chi connectivity index (χ0) is 12.8. The number of carbonyl (C=O) groups excluding carboxylic acids is 1. The largest absolute Gasteiger partial charge is 0.466 e. The van der Waals surface area contributed by atoms with Crippen LogP contribution in [0.1, 0.15) is 24.9 Å². The van der Waals surface area contributed by atoms with Crippen LogP contribution in [0.5, 0.6) is 0 Å². The molecule has 1 aromatic carbocycles. The molecule has 0 bridgehead atoms. The third kappa shape index (κ3) is 3.82. The molecule has 0 spiro atoms. The van der Waals surface area contributed by atoms with E-state index in [1.807, 2.05) is 19.0 Å². The minimum atomic E-state index is -0.311. The quantitative estimate of drug-likeness (QED) is 0.739. The minimum Gasteiger partial charge on any atom is -0.466 e. The maximum atomic E-state index is 13.7. The van der Waals surface area contributed by atoms with Crippen molar-refractivity contribution >= 4 is 5.97 Å². The van der Waals surface area contributed by atoms with E-state index < -0.39 is 0 Å². The Morgan fingerprint density at radius 3 is 2.59 bits per heavy atom. The van der Waals surface area contributed by atoms with Gasteiger partial charge in [0, 0.05) is 11.6 Å². The Bertz CT molecular complexity index is 379. The van der Waals surface area contributed by atoms with Gasteiger partial charge in [0.1, 0.15) is 5.82 Å². The first-order valence-electron chi connectivity index (χ1n) is 5.62. The lowest BCUT2D eigenvalue weighted by molar-refractivity contribution is -0.144. The van der Waals surface area contributed by atoms with E-state index in [1.54, 1.807) is 25.1 Å². The number of halogens is 1. The molecule has 1 rings (SSSR count). The van der Waals surface area contributed by atoms with Crippen molar-refractivity contribution < 1.29 is 13.9 Å². The van der Waals surface area contributed by atoms with Crippen molar-refractivity contribution in [1.29, 1.82) is 0 Å². The second kappa shape index (κ2) is 6.35. The molecule has 0 heterocycles. The third-order valence-electron chi connectivity index (χ3n) is 2.55. The highest BCUT2D eigenvalue weighted by molar-refractivity contribution is 5.70. The van der Waals surface area contributed by atoms with Gasteiger partial charge in [0.25, 0.3) is 0 Å². The summed E-state index contributed by atoms with van der Waals surface area (Å²) in [6.45, 7) is 2.10. The standard InChI is InChI=1S/C13H18FNO2/c1-4-17-13(16)9-12(15(2)3)10-7-5-6-8-11(10)14/h5-8,12H,4,9H2,1-3H3. The number of hydrogen-bond acceptors (Lipinski definition) is 3. The molecule has 1 unspecified atom stereocenters. The molecule has 0 N–H and O–H groups in total. The van der Waals surface area contributed by atoms with E-state index in [9.17, 15) is 9.18 Å². The first-order valence-corrected chi connectivity index (χ1v) is 5.62. The molecule has 0 aromatic heterocycles. The van der Waals surface area contributed by atoms with Crippen LogP contribution in [0.25, 0.3) is 0 Å². The van der Waals surface area contributed by atoms with Gasteiger partial charge in [-0.05, 0) is 27.1 Å². The first kappa shape index (κ1) is 13.6. The third-order valence-corrected chi connectivity index (χ3v) is 2.55. The van der Waals surface area contributed by atoms with Crippen molar-refractivity contribution in [2.24, 2.45) is 0 Å². The number of rotatable bonds is 5. The van der Waals surface area contributed by atoms with Gasteiger partial charge in [-0.2, -0.15) is 0 Å². The Kier molecular flexibility index (Phi) is 5.10. The Balaban J connectivity index is 2.87. The summed E-state index contributed by atoms with van der Waals surface area (Å²) in [5.74, 6) is -0.607. The Morgan fingerprint density at radius 2 is 2.06 bits per heavy atom. The van der Waals surface area contributed by atoms with Crippen LogP contribution >= 0.6 is 0 Å². The molecule has 3 nitrogen and oxygen atoms in total. The summed E-state index contributed by atoms with van der Waals surface area (Å²) in [5, 5.41) is 0. The average molecular weight is 239 g/mol. The molecule has 0 aliphatic rings. The molecule has 4 heteroatoms. The molecule has 1 aromatic rings. The van der Waals surface area contributed by atoms with Crippen LogP contribution in [0.2, 0.25) is 0 Å². The van der Waals surface area contributed by atoms with Gasteiger partial charge in [0.2, 0.25) is 0 Å². The molecule has 0 fully saturated rings. The van der Waals surface area contributed by atoms with E-state index in [0.717, 1.165) is 0 Å². The second-order valence-corrected chi connectivity index (χ2v) is 4.01. The predicted molar refractivity (Wildman–Crippen MR) is 64.1 cm³/mol. The van der Waals surface area contributed by atoms with E-state index in [-0.39, 0.29) is 24.2 Å². The summed E-state index contributed by atoms with van der Waals surface area (Å²) in [7, 11) is 3.63. The van der Waals surface area contributed by atoms with Gasteiger partial charge in [0.15, 0.2) is 0 Å². The molecule has 0 saturated heterocycles. The van der Waals surface area contributed by atoms with Crippen LogP contribution in [0, 0.1) is 5.82 Å². The van der Waals surface area contributed by atoms with Crippen molar-refractivity contribution in [3.05, 3.63) is 35.6 Å². The van der Waals surface area contributed by atoms with Gasteiger partial charge in [-0.15, -0.1) is 0 Å². The minimum absolute atomic E-state index is 0.155. The Labute approximate surface area is 101 Å². The first-order chi connectivity index (χ1) is 8.06. The van der Waals surface area contributed by atoms with Crippen LogP contribution in [0.3, 0.4) is 0 Å². The monoisotopic (exact) mass is 239 g/mol. The number of hydrogen-bond donors (Lipinski definition) is 0. The van der Waals surface area contributed by atoms with Crippen molar-refractivity contribution in [2.75, 3.05) is 20.7 Å².